The van der Waals surface area contributed by atoms with Gasteiger partial charge < -0.3 is 0 Å². The summed E-state index contributed by atoms with van der Waals surface area (Å²) in [5.74, 6) is 0. The minimum atomic E-state index is -0.429. The molecule has 1 atom stereocenters. The third-order valence-corrected chi connectivity index (χ3v) is 2.85. The third-order valence-electron chi connectivity index (χ3n) is 2.85. The fourth-order valence-corrected chi connectivity index (χ4v) is 1.94. The number of aromatic nitrogens is 3. The highest BCUT2D eigenvalue weighted by atomic mass is 16.2. The van der Waals surface area contributed by atoms with Crippen LogP contribution in [0, 0.1) is 0 Å². The number of hydrogen-bond donors (Lipinski definition) is 1. The monoisotopic (exact) mass is 245 g/mol. The second-order valence-corrected chi connectivity index (χ2v) is 4.29. The second-order valence-electron chi connectivity index (χ2n) is 4.29. The average Bonchev–Trinajstić information content (AvgIpc) is 2.59. The number of nitrogens with one attached hydrogen (secondary N) is 1. The molecular weight excluding hydrogens is 230 g/mol. The number of hydrogen-bond acceptors (Lipinski definition) is 2. The predicted octanol–water partition coefficient (Wildman–Crippen LogP) is 1.04. The topological polar surface area (TPSA) is 59.8 Å². The second kappa shape index (κ2) is 4.52. The minimum Gasteiger partial charge on any atom is -0.246 e. The van der Waals surface area contributed by atoms with Crippen LogP contribution in [0.3, 0.4) is 0 Å². The predicted molar refractivity (Wildman–Crippen MR) is 69.7 cm³/mol. The molecule has 0 bridgehead atoms. The zero-order valence-electron chi connectivity index (χ0n) is 10.4. The van der Waals surface area contributed by atoms with Crippen molar-refractivity contribution in [1.29, 1.82) is 0 Å². The molecule has 0 spiro atoms. The van der Waals surface area contributed by atoms with E-state index in [1.165, 1.54) is 11.7 Å². The summed E-state index contributed by atoms with van der Waals surface area (Å²) in [6, 6.07) is 9.12. The molecule has 1 aromatic heterocycles. The van der Waals surface area contributed by atoms with E-state index in [9.17, 15) is 9.59 Å². The summed E-state index contributed by atoms with van der Waals surface area (Å²) >= 11 is 0. The number of benzene rings is 1. The molecule has 0 saturated carbocycles. The highest BCUT2D eigenvalue weighted by Gasteiger charge is 2.18. The fraction of sp³-hybridized carbons (Fsp3) is 0.231. The zero-order chi connectivity index (χ0) is 13.3. The maximum Gasteiger partial charge on any atom is 0.347 e. The van der Waals surface area contributed by atoms with Crippen molar-refractivity contribution in [1.82, 2.24) is 14.3 Å². The smallest absolute Gasteiger partial charge is 0.246 e. The molecule has 0 amide bonds. The van der Waals surface area contributed by atoms with Crippen molar-refractivity contribution >= 4 is 0 Å². The van der Waals surface area contributed by atoms with E-state index in [1.807, 2.05) is 37.3 Å². The van der Waals surface area contributed by atoms with Crippen molar-refractivity contribution < 1.29 is 0 Å². The van der Waals surface area contributed by atoms with Crippen molar-refractivity contribution in [3.8, 4) is 0 Å². The first-order valence-corrected chi connectivity index (χ1v) is 5.60. The van der Waals surface area contributed by atoms with Gasteiger partial charge in [-0.05, 0) is 12.5 Å². The van der Waals surface area contributed by atoms with Gasteiger partial charge in [0.05, 0.1) is 0 Å². The van der Waals surface area contributed by atoms with Crippen LogP contribution in [0.2, 0.25) is 0 Å². The molecule has 18 heavy (non-hydrogen) atoms. The van der Waals surface area contributed by atoms with Gasteiger partial charge in [0.25, 0.3) is 0 Å². The lowest BCUT2D eigenvalue weighted by atomic mass is 10.0. The van der Waals surface area contributed by atoms with Gasteiger partial charge >= 0.3 is 11.4 Å². The van der Waals surface area contributed by atoms with Gasteiger partial charge in [-0.15, -0.1) is 0 Å². The van der Waals surface area contributed by atoms with Crippen LogP contribution >= 0.6 is 0 Å². The summed E-state index contributed by atoms with van der Waals surface area (Å²) in [6.07, 6.45) is 0. The Labute approximate surface area is 104 Å². The van der Waals surface area contributed by atoms with Crippen molar-refractivity contribution in [2.45, 2.75) is 13.0 Å². The van der Waals surface area contributed by atoms with Gasteiger partial charge in [-0.3, -0.25) is 0 Å². The molecule has 94 valence electrons. The average molecular weight is 245 g/mol. The van der Waals surface area contributed by atoms with E-state index in [4.69, 9.17) is 0 Å². The summed E-state index contributed by atoms with van der Waals surface area (Å²) < 4.78 is 2.35. The first kappa shape index (κ1) is 12.2. The first-order valence-electron chi connectivity index (χ1n) is 5.60. The van der Waals surface area contributed by atoms with Crippen LogP contribution in [-0.4, -0.2) is 14.3 Å². The molecule has 0 fully saturated rings. The normalized spacial score (nSPS) is 12.3. The lowest BCUT2D eigenvalue weighted by molar-refractivity contribution is 0.557. The molecule has 1 heterocycles. The Hall–Kier alpha value is -2.30. The molecule has 0 aliphatic heterocycles. The van der Waals surface area contributed by atoms with E-state index in [-0.39, 0.29) is 11.7 Å². The van der Waals surface area contributed by atoms with E-state index < -0.39 is 5.69 Å². The summed E-state index contributed by atoms with van der Waals surface area (Å²) in [5.41, 5.74) is 0.887. The van der Waals surface area contributed by atoms with Gasteiger partial charge in [0.15, 0.2) is 0 Å². The molecule has 1 aromatic carbocycles. The maximum atomic E-state index is 12.0. The quantitative estimate of drug-likeness (QED) is 0.821. The minimum absolute atomic E-state index is 0.354. The van der Waals surface area contributed by atoms with E-state index in [2.05, 4.69) is 11.7 Å². The van der Waals surface area contributed by atoms with Crippen LogP contribution < -0.4 is 11.4 Å². The lowest BCUT2D eigenvalue weighted by Crippen LogP contribution is -2.29. The van der Waals surface area contributed by atoms with E-state index in [1.54, 1.807) is 0 Å². The molecule has 2 rings (SSSR count). The Morgan fingerprint density at radius 3 is 2.33 bits per heavy atom. The van der Waals surface area contributed by atoms with Crippen LogP contribution in [0.15, 0.2) is 52.1 Å². The van der Waals surface area contributed by atoms with Crippen molar-refractivity contribution in [3.05, 3.63) is 69.0 Å². The lowest BCUT2D eigenvalue weighted by Gasteiger charge is -2.17. The number of rotatable bonds is 3. The molecule has 0 aliphatic rings. The van der Waals surface area contributed by atoms with Crippen molar-refractivity contribution in [2.24, 2.45) is 7.05 Å². The van der Waals surface area contributed by atoms with Crippen LogP contribution in [0.25, 0.3) is 0 Å². The number of nitrogens with zero attached hydrogens (tertiary/aromatic N) is 2. The molecule has 0 radical (unpaired) electrons. The molecule has 2 aromatic rings. The van der Waals surface area contributed by atoms with Crippen LogP contribution in [0.4, 0.5) is 0 Å². The van der Waals surface area contributed by atoms with Crippen LogP contribution in [0.5, 0.6) is 0 Å². The van der Waals surface area contributed by atoms with Gasteiger partial charge in [0.1, 0.15) is 6.04 Å². The number of aromatic amines is 1. The Balaban J connectivity index is 2.63. The Morgan fingerprint density at radius 1 is 1.28 bits per heavy atom. The van der Waals surface area contributed by atoms with Gasteiger partial charge in [0.2, 0.25) is 0 Å². The molecule has 5 nitrogen and oxygen atoms in total. The Morgan fingerprint density at radius 2 is 1.89 bits per heavy atom. The van der Waals surface area contributed by atoms with Gasteiger partial charge in [-0.25, -0.2) is 23.9 Å². The third kappa shape index (κ3) is 1.95. The fourth-order valence-electron chi connectivity index (χ4n) is 1.94. The summed E-state index contributed by atoms with van der Waals surface area (Å²) in [5, 5.41) is 2.54. The highest BCUT2D eigenvalue weighted by molar-refractivity contribution is 5.26. The van der Waals surface area contributed by atoms with Crippen LogP contribution in [0.1, 0.15) is 18.5 Å². The Bertz CT molecular complexity index is 676. The van der Waals surface area contributed by atoms with Crippen molar-refractivity contribution in [3.63, 3.8) is 0 Å². The SMILES string of the molecule is C=C(C)C(c1ccccc1)n1[nH]c(=O)n(C)c1=O. The maximum absolute atomic E-state index is 12.0. The number of H-pyrrole nitrogens is 1. The largest absolute Gasteiger partial charge is 0.347 e. The van der Waals surface area contributed by atoms with Gasteiger partial charge in [-0.1, -0.05) is 42.5 Å². The molecule has 1 unspecified atom stereocenters. The van der Waals surface area contributed by atoms with Gasteiger partial charge in [0, 0.05) is 7.05 Å². The first-order chi connectivity index (χ1) is 8.52. The Kier molecular flexibility index (Phi) is 3.06. The standard InChI is InChI=1S/C13H15N3O2/c1-9(2)11(10-7-5-4-6-8-10)16-13(18)15(3)12(17)14-16/h4-8,11H,1H2,2-3H3,(H,14,17). The molecule has 5 heteroatoms. The summed E-state index contributed by atoms with van der Waals surface area (Å²) in [4.78, 5) is 23.4. The molecule has 0 saturated heterocycles. The van der Waals surface area contributed by atoms with E-state index in [0.29, 0.717) is 0 Å². The molecule has 1 N–H and O–H groups in total. The molecular formula is C13H15N3O2. The van der Waals surface area contributed by atoms with E-state index >= 15 is 0 Å². The van der Waals surface area contributed by atoms with Crippen molar-refractivity contribution in [2.75, 3.05) is 0 Å². The van der Waals surface area contributed by atoms with E-state index in [0.717, 1.165) is 15.7 Å². The highest BCUT2D eigenvalue weighted by Crippen LogP contribution is 2.22. The molecule has 0 aliphatic carbocycles. The van der Waals surface area contributed by atoms with Gasteiger partial charge in [-0.2, -0.15) is 0 Å². The summed E-state index contributed by atoms with van der Waals surface area (Å²) in [7, 11) is 1.44. The van der Waals surface area contributed by atoms with Crippen LogP contribution in [-0.2, 0) is 7.05 Å². The number of allylic oxidation sites excluding steroid dienone is 1. The zero-order valence-corrected chi connectivity index (χ0v) is 10.4. The summed E-state index contributed by atoms with van der Waals surface area (Å²) in [6.45, 7) is 5.73.